The second-order valence-electron chi connectivity index (χ2n) is 11.7. The van der Waals surface area contributed by atoms with Crippen LogP contribution in [-0.2, 0) is 25.6 Å². The number of carbonyl (C=O) groups excluding carboxylic acids is 4. The van der Waals surface area contributed by atoms with Crippen molar-refractivity contribution in [2.75, 3.05) is 13.1 Å². The monoisotopic (exact) mass is 563 g/mol. The lowest BCUT2D eigenvalue weighted by Gasteiger charge is -2.37. The summed E-state index contributed by atoms with van der Waals surface area (Å²) in [5, 5.41) is 17.9. The van der Waals surface area contributed by atoms with Crippen LogP contribution in [0.25, 0.3) is 0 Å². The Morgan fingerprint density at radius 1 is 1.18 bits per heavy atom. The second kappa shape index (κ2) is 12.4. The van der Waals surface area contributed by atoms with Gasteiger partial charge in [-0.1, -0.05) is 50.6 Å². The SMILES string of the molecule is Cc1ccc(CC(=O)N[C@H](C(=O)N(C(=O)[C@@H]2C[C@@H](C(F)(F)F)CN2)[C@H](C#N)C[C@@H]2CCNC2=O)C(C)(C)C)cc1. The smallest absolute Gasteiger partial charge is 0.356 e. The fourth-order valence-electron chi connectivity index (χ4n) is 5.00. The van der Waals surface area contributed by atoms with Crippen molar-refractivity contribution in [1.82, 2.24) is 20.9 Å². The van der Waals surface area contributed by atoms with Crippen LogP contribution in [0.1, 0.15) is 51.2 Å². The maximum Gasteiger partial charge on any atom is 0.393 e. The van der Waals surface area contributed by atoms with Crippen molar-refractivity contribution in [2.24, 2.45) is 17.3 Å². The zero-order chi connectivity index (χ0) is 29.8. The molecule has 0 aliphatic carbocycles. The molecule has 0 bridgehead atoms. The number of rotatable bonds is 8. The van der Waals surface area contributed by atoms with Crippen LogP contribution in [-0.4, -0.2) is 65.9 Å². The van der Waals surface area contributed by atoms with Gasteiger partial charge in [-0.05, 0) is 37.2 Å². The summed E-state index contributed by atoms with van der Waals surface area (Å²) in [4.78, 5) is 53.6. The molecule has 2 heterocycles. The highest BCUT2D eigenvalue weighted by Crippen LogP contribution is 2.34. The summed E-state index contributed by atoms with van der Waals surface area (Å²) in [5.41, 5.74) is 0.778. The van der Waals surface area contributed by atoms with Gasteiger partial charge in [0.05, 0.1) is 24.4 Å². The van der Waals surface area contributed by atoms with Crippen molar-refractivity contribution in [2.45, 2.75) is 77.7 Å². The number of amides is 4. The van der Waals surface area contributed by atoms with E-state index >= 15 is 0 Å². The number of halogens is 3. The second-order valence-corrected chi connectivity index (χ2v) is 11.7. The van der Waals surface area contributed by atoms with Gasteiger partial charge in [0.15, 0.2) is 0 Å². The molecule has 40 heavy (non-hydrogen) atoms. The quantitative estimate of drug-likeness (QED) is 0.445. The highest BCUT2D eigenvalue weighted by atomic mass is 19.4. The summed E-state index contributed by atoms with van der Waals surface area (Å²) in [6.07, 6.45) is -4.95. The minimum Gasteiger partial charge on any atom is -0.356 e. The van der Waals surface area contributed by atoms with E-state index in [0.29, 0.717) is 23.4 Å². The molecule has 3 N–H and O–H groups in total. The van der Waals surface area contributed by atoms with Crippen LogP contribution in [0, 0.1) is 35.5 Å². The number of imide groups is 1. The molecule has 3 rings (SSSR count). The van der Waals surface area contributed by atoms with E-state index in [1.54, 1.807) is 32.9 Å². The molecular weight excluding hydrogens is 527 g/mol. The average molecular weight is 564 g/mol. The Labute approximate surface area is 231 Å². The van der Waals surface area contributed by atoms with Crippen molar-refractivity contribution in [3.63, 3.8) is 0 Å². The first-order valence-corrected chi connectivity index (χ1v) is 13.3. The van der Waals surface area contributed by atoms with Crippen molar-refractivity contribution in [3.05, 3.63) is 35.4 Å². The molecule has 2 saturated heterocycles. The third kappa shape index (κ3) is 7.59. The molecule has 0 saturated carbocycles. The third-order valence-electron chi connectivity index (χ3n) is 7.40. The van der Waals surface area contributed by atoms with Gasteiger partial charge in [-0.25, -0.2) is 0 Å². The molecular formula is C28H36F3N5O4. The van der Waals surface area contributed by atoms with Crippen molar-refractivity contribution in [1.29, 1.82) is 5.26 Å². The Morgan fingerprint density at radius 3 is 2.33 bits per heavy atom. The summed E-state index contributed by atoms with van der Waals surface area (Å²) in [7, 11) is 0. The molecule has 2 aliphatic rings. The van der Waals surface area contributed by atoms with E-state index in [0.717, 1.165) is 5.56 Å². The van der Waals surface area contributed by atoms with E-state index in [-0.39, 0.29) is 18.7 Å². The van der Waals surface area contributed by atoms with E-state index in [1.807, 2.05) is 25.1 Å². The van der Waals surface area contributed by atoms with Crippen LogP contribution in [0.15, 0.2) is 24.3 Å². The molecule has 218 valence electrons. The predicted octanol–water partition coefficient (Wildman–Crippen LogP) is 2.38. The van der Waals surface area contributed by atoms with Gasteiger partial charge in [0.1, 0.15) is 12.1 Å². The van der Waals surface area contributed by atoms with E-state index in [4.69, 9.17) is 0 Å². The predicted molar refractivity (Wildman–Crippen MR) is 139 cm³/mol. The molecule has 0 radical (unpaired) electrons. The lowest BCUT2D eigenvalue weighted by Crippen LogP contribution is -2.61. The van der Waals surface area contributed by atoms with Crippen LogP contribution in [0.3, 0.4) is 0 Å². The largest absolute Gasteiger partial charge is 0.393 e. The number of nitrogens with one attached hydrogen (secondary N) is 3. The first-order valence-electron chi connectivity index (χ1n) is 13.3. The standard InChI is InChI=1S/C28H36F3N5O4/c1-16-5-7-17(8-6-16)11-22(37)35-23(27(2,3)4)26(40)36(20(14-32)12-18-9-10-33-24(18)38)25(39)21-13-19(15-34-21)28(29,30)31/h5-8,18-21,23,34H,9-13,15H2,1-4H3,(H,33,38)(H,35,37)/t18-,19+,20-,21-,23+/m0/s1. The molecule has 9 nitrogen and oxygen atoms in total. The molecule has 1 aromatic carbocycles. The van der Waals surface area contributed by atoms with Crippen LogP contribution < -0.4 is 16.0 Å². The highest BCUT2D eigenvalue weighted by Gasteiger charge is 2.49. The number of alkyl halides is 3. The van der Waals surface area contributed by atoms with Gasteiger partial charge in [0.2, 0.25) is 17.7 Å². The van der Waals surface area contributed by atoms with E-state index in [2.05, 4.69) is 16.0 Å². The van der Waals surface area contributed by atoms with E-state index in [9.17, 15) is 37.6 Å². The lowest BCUT2D eigenvalue weighted by molar-refractivity contribution is -0.169. The highest BCUT2D eigenvalue weighted by molar-refractivity contribution is 6.02. The summed E-state index contributed by atoms with van der Waals surface area (Å²) in [6, 6.07) is 5.12. The number of carbonyl (C=O) groups is 4. The Bertz CT molecular complexity index is 1160. The number of hydrogen-bond acceptors (Lipinski definition) is 6. The van der Waals surface area contributed by atoms with Crippen molar-refractivity contribution >= 4 is 23.6 Å². The normalized spacial score (nSPS) is 22.6. The molecule has 12 heteroatoms. The summed E-state index contributed by atoms with van der Waals surface area (Å²) in [5.74, 6) is -5.14. The van der Waals surface area contributed by atoms with Gasteiger partial charge >= 0.3 is 6.18 Å². The van der Waals surface area contributed by atoms with Gasteiger partial charge in [-0.3, -0.25) is 24.1 Å². The van der Waals surface area contributed by atoms with Crippen LogP contribution >= 0.6 is 0 Å². The Morgan fingerprint density at radius 2 is 1.82 bits per heavy atom. The summed E-state index contributed by atoms with van der Waals surface area (Å²) in [6.45, 7) is 6.79. The number of nitrogens with zero attached hydrogens (tertiary/aromatic N) is 2. The average Bonchev–Trinajstić information content (AvgIpc) is 3.52. The molecule has 2 aliphatic heterocycles. The molecule has 0 unspecified atom stereocenters. The maximum absolute atomic E-state index is 14.0. The topological polar surface area (TPSA) is 131 Å². The van der Waals surface area contributed by atoms with E-state index in [1.165, 1.54) is 0 Å². The number of benzene rings is 1. The number of nitriles is 1. The van der Waals surface area contributed by atoms with Crippen LogP contribution in [0.2, 0.25) is 0 Å². The molecule has 1 aromatic rings. The number of hydrogen-bond donors (Lipinski definition) is 3. The Balaban J connectivity index is 1.91. The van der Waals surface area contributed by atoms with Gasteiger partial charge in [0.25, 0.3) is 5.91 Å². The zero-order valence-electron chi connectivity index (χ0n) is 23.1. The Kier molecular flexibility index (Phi) is 9.61. The van der Waals surface area contributed by atoms with Gasteiger partial charge in [-0.15, -0.1) is 0 Å². The van der Waals surface area contributed by atoms with Gasteiger partial charge < -0.3 is 16.0 Å². The van der Waals surface area contributed by atoms with Gasteiger partial charge in [-0.2, -0.15) is 18.4 Å². The van der Waals surface area contributed by atoms with E-state index < -0.39 is 72.2 Å². The fraction of sp³-hybridized carbons (Fsp3) is 0.607. The molecule has 5 atom stereocenters. The Hall–Kier alpha value is -3.46. The van der Waals surface area contributed by atoms with Crippen LogP contribution in [0.5, 0.6) is 0 Å². The van der Waals surface area contributed by atoms with Crippen molar-refractivity contribution in [3.8, 4) is 6.07 Å². The molecule has 0 aromatic heterocycles. The molecule has 2 fully saturated rings. The van der Waals surface area contributed by atoms with Crippen molar-refractivity contribution < 1.29 is 32.3 Å². The minimum absolute atomic E-state index is 0.0462. The maximum atomic E-state index is 14.0. The van der Waals surface area contributed by atoms with Crippen LogP contribution in [0.4, 0.5) is 13.2 Å². The fourth-order valence-corrected chi connectivity index (χ4v) is 5.00. The lowest BCUT2D eigenvalue weighted by atomic mass is 9.84. The minimum atomic E-state index is -4.54. The first kappa shape index (κ1) is 31.1. The molecule has 4 amide bonds. The molecule has 0 spiro atoms. The zero-order valence-corrected chi connectivity index (χ0v) is 23.1. The number of aryl methyl sites for hydroxylation is 1. The van der Waals surface area contributed by atoms with Gasteiger partial charge in [0, 0.05) is 19.0 Å². The first-order chi connectivity index (χ1) is 18.6. The summed E-state index contributed by atoms with van der Waals surface area (Å²) >= 11 is 0. The third-order valence-corrected chi connectivity index (χ3v) is 7.40. The summed E-state index contributed by atoms with van der Waals surface area (Å²) < 4.78 is 40.0.